The van der Waals surface area contributed by atoms with Gasteiger partial charge in [-0.15, -0.1) is 0 Å². The first-order valence-corrected chi connectivity index (χ1v) is 13.0. The van der Waals surface area contributed by atoms with Crippen molar-refractivity contribution in [2.75, 3.05) is 26.2 Å². The zero-order valence-electron chi connectivity index (χ0n) is 21.3. The minimum Gasteiger partial charge on any atom is -0.391 e. The van der Waals surface area contributed by atoms with E-state index in [-0.39, 0.29) is 17.9 Å². The van der Waals surface area contributed by atoms with Crippen molar-refractivity contribution < 1.29 is 11.3 Å². The molecule has 4 bridgehead atoms. The Bertz CT molecular complexity index is 1130. The molecule has 1 saturated heterocycles. The summed E-state index contributed by atoms with van der Waals surface area (Å²) in [7, 11) is 0. The molecule has 4 aliphatic carbocycles. The number of amides is 1. The third kappa shape index (κ3) is 4.50. The number of aromatic nitrogens is 2. The van der Waals surface area contributed by atoms with E-state index < -0.39 is 6.08 Å². The van der Waals surface area contributed by atoms with Crippen LogP contribution in [0.1, 0.15) is 51.2 Å². The molecule has 5 aliphatic rings. The van der Waals surface area contributed by atoms with E-state index in [4.69, 9.17) is 7.94 Å². The van der Waals surface area contributed by atoms with Gasteiger partial charge in [0.15, 0.2) is 5.69 Å². The Morgan fingerprint density at radius 3 is 2.43 bits per heavy atom. The molecule has 7 rings (SSSR count). The molecule has 7 heteroatoms. The molecule has 1 aromatic heterocycles. The van der Waals surface area contributed by atoms with Gasteiger partial charge in [0.05, 0.1) is 32.6 Å². The van der Waals surface area contributed by atoms with Crippen LogP contribution in [0, 0.1) is 29.7 Å². The molecule has 184 valence electrons. The van der Waals surface area contributed by atoms with E-state index in [1.807, 2.05) is 36.8 Å². The highest BCUT2D eigenvalue weighted by molar-refractivity contribution is 5.79. The maximum atomic E-state index is 13.1. The van der Waals surface area contributed by atoms with Crippen LogP contribution in [0.3, 0.4) is 0 Å². The zero-order chi connectivity index (χ0) is 24.9. The number of carbonyl (C=O) groups is 1. The maximum absolute atomic E-state index is 13.1. The van der Waals surface area contributed by atoms with Crippen molar-refractivity contribution in [1.29, 1.82) is 0 Å². The average molecular weight is 476 g/mol. The van der Waals surface area contributed by atoms with Gasteiger partial charge in [-0.3, -0.25) is 9.69 Å². The number of aliphatic hydroxyl groups is 1. The highest BCUT2D eigenvalue weighted by Crippen LogP contribution is 2.61. The Morgan fingerprint density at radius 1 is 1.11 bits per heavy atom. The summed E-state index contributed by atoms with van der Waals surface area (Å²) < 4.78 is 11.1. The van der Waals surface area contributed by atoms with E-state index in [0.717, 1.165) is 30.5 Å². The second-order valence-corrected chi connectivity index (χ2v) is 11.5. The average Bonchev–Trinajstić information content (AvgIpc) is 3.26. The third-order valence-corrected chi connectivity index (χ3v) is 8.99. The lowest BCUT2D eigenvalue weighted by atomic mass is 9.48. The molecule has 2 heterocycles. The molecule has 5 fully saturated rings. The molecule has 1 N–H and O–H groups in total. The van der Waals surface area contributed by atoms with Crippen LogP contribution >= 0.6 is 0 Å². The van der Waals surface area contributed by atoms with E-state index in [0.29, 0.717) is 56.2 Å². The second kappa shape index (κ2) is 9.07. The second-order valence-electron chi connectivity index (χ2n) is 11.5. The normalized spacial score (nSPS) is 32.3. The molecule has 4 saturated carbocycles. The summed E-state index contributed by atoms with van der Waals surface area (Å²) in [5, 5.41) is 11.5. The Morgan fingerprint density at radius 2 is 1.80 bits per heavy atom. The van der Waals surface area contributed by atoms with E-state index in [1.54, 1.807) is 4.90 Å². The quantitative estimate of drug-likeness (QED) is 0.620. The van der Waals surface area contributed by atoms with Crippen LogP contribution in [0.5, 0.6) is 0 Å². The minimum absolute atomic E-state index is 0.00236. The molecule has 1 aromatic carbocycles. The molecule has 0 radical (unpaired) electrons. The Labute approximate surface area is 209 Å². The van der Waals surface area contributed by atoms with Crippen LogP contribution in [-0.4, -0.2) is 62.6 Å². The topological polar surface area (TPSA) is 66.0 Å². The summed E-state index contributed by atoms with van der Waals surface area (Å²) >= 11 is 0. The number of imidazole rings is 1. The van der Waals surface area contributed by atoms with Gasteiger partial charge in [-0.05, 0) is 67.3 Å². The van der Waals surface area contributed by atoms with E-state index >= 15 is 0 Å². The van der Waals surface area contributed by atoms with Crippen LogP contribution in [0.4, 0.5) is 5.69 Å². The lowest BCUT2D eigenvalue weighted by molar-refractivity contribution is -0.148. The monoisotopic (exact) mass is 475 g/mol. The van der Waals surface area contributed by atoms with Gasteiger partial charge >= 0.3 is 0 Å². The summed E-state index contributed by atoms with van der Waals surface area (Å²) in [6.45, 7) is 10.1. The number of piperazine rings is 1. The lowest BCUT2D eigenvalue weighted by Gasteiger charge is -2.58. The summed E-state index contributed by atoms with van der Waals surface area (Å²) in [5.41, 5.74) is 2.43. The van der Waals surface area contributed by atoms with Crippen LogP contribution in [-0.2, 0) is 17.9 Å². The fraction of sp³-hybridized carbons (Fsp3) is 0.607. The van der Waals surface area contributed by atoms with Gasteiger partial charge in [0, 0.05) is 38.9 Å². The largest absolute Gasteiger partial charge is 0.391 e. The van der Waals surface area contributed by atoms with Gasteiger partial charge in [0.25, 0.3) is 0 Å². The Kier molecular flexibility index (Phi) is 5.59. The van der Waals surface area contributed by atoms with Gasteiger partial charge in [-0.25, -0.2) is 9.83 Å². The molecule has 35 heavy (non-hydrogen) atoms. The SMILES string of the molecule is [3H]C(O)(CN1CCN(Cc2cncn2Cc2ccc([N+]#[C-])cc2)CC1=O)C12CC3CC(CC(C3)C1)C2. The van der Waals surface area contributed by atoms with E-state index in [9.17, 15) is 9.90 Å². The molecule has 2 aromatic rings. The van der Waals surface area contributed by atoms with E-state index in [1.165, 1.54) is 19.3 Å². The molecule has 1 aliphatic heterocycles. The fourth-order valence-corrected chi connectivity index (χ4v) is 7.60. The maximum Gasteiger partial charge on any atom is 0.236 e. The van der Waals surface area contributed by atoms with Crippen molar-refractivity contribution in [2.45, 2.75) is 57.7 Å². The lowest BCUT2D eigenvalue weighted by Crippen LogP contribution is -2.57. The Balaban J connectivity index is 1.07. The first kappa shape index (κ1) is 21.6. The highest BCUT2D eigenvalue weighted by Gasteiger charge is 2.54. The van der Waals surface area contributed by atoms with Crippen LogP contribution in [0.15, 0.2) is 36.8 Å². The first-order valence-electron chi connectivity index (χ1n) is 13.5. The van der Waals surface area contributed by atoms with Gasteiger partial charge in [0.1, 0.15) is 0 Å². The smallest absolute Gasteiger partial charge is 0.236 e. The van der Waals surface area contributed by atoms with Crippen molar-refractivity contribution in [2.24, 2.45) is 23.2 Å². The van der Waals surface area contributed by atoms with Crippen molar-refractivity contribution in [3.8, 4) is 0 Å². The number of hydrogen-bond donors (Lipinski definition) is 1. The van der Waals surface area contributed by atoms with Crippen molar-refractivity contribution in [3.05, 3.63) is 59.5 Å². The number of nitrogens with zero attached hydrogens (tertiary/aromatic N) is 5. The molecular formula is C28H35N5O2. The number of rotatable bonds is 7. The summed E-state index contributed by atoms with van der Waals surface area (Å²) in [6, 6.07) is 7.58. The molecule has 1 amide bonds. The van der Waals surface area contributed by atoms with Gasteiger partial charge in [-0.2, -0.15) is 0 Å². The summed E-state index contributed by atoms with van der Waals surface area (Å²) in [4.78, 5) is 24.7. The predicted molar refractivity (Wildman–Crippen MR) is 133 cm³/mol. The minimum atomic E-state index is -1.57. The predicted octanol–water partition coefficient (Wildman–Crippen LogP) is 3.70. The summed E-state index contributed by atoms with van der Waals surface area (Å²) in [6.07, 6.45) is 8.78. The Hall–Kier alpha value is -2.69. The molecule has 1 unspecified atom stereocenters. The summed E-state index contributed by atoms with van der Waals surface area (Å²) in [5.74, 6) is 1.99. The van der Waals surface area contributed by atoms with Crippen molar-refractivity contribution >= 4 is 11.6 Å². The van der Waals surface area contributed by atoms with Crippen molar-refractivity contribution in [3.63, 3.8) is 0 Å². The first-order chi connectivity index (χ1) is 17.3. The molecule has 1 atom stereocenters. The van der Waals surface area contributed by atoms with Crippen molar-refractivity contribution in [1.82, 2.24) is 19.4 Å². The number of hydrogen-bond acceptors (Lipinski definition) is 4. The van der Waals surface area contributed by atoms with Gasteiger partial charge < -0.3 is 14.6 Å². The number of β-amino-alcohol motifs (C(OH)–C–C–N with tert-alkyl or cyclic N) is 1. The van der Waals surface area contributed by atoms with Gasteiger partial charge in [-0.1, -0.05) is 24.3 Å². The zero-order valence-corrected chi connectivity index (χ0v) is 20.3. The van der Waals surface area contributed by atoms with Crippen LogP contribution in [0.2, 0.25) is 0 Å². The highest BCUT2D eigenvalue weighted by atomic mass is 16.3. The van der Waals surface area contributed by atoms with Crippen LogP contribution < -0.4 is 0 Å². The molecular weight excluding hydrogens is 438 g/mol. The molecule has 0 spiro atoms. The van der Waals surface area contributed by atoms with Gasteiger partial charge in [0.2, 0.25) is 5.91 Å². The number of benzene rings is 1. The molecule has 7 nitrogen and oxygen atoms in total. The number of carbonyl (C=O) groups excluding carboxylic acids is 1. The fourth-order valence-electron chi connectivity index (χ4n) is 7.60. The third-order valence-electron chi connectivity index (χ3n) is 8.99. The standard InChI is InChI=1S/C28H35N5O2/c1-29-24-4-2-20(3-5-24)15-33-19-30-14-25(33)16-31-6-7-32(27(35)18-31)17-26(34)28-11-21-8-22(12-28)10-23(9-21)13-28/h2-5,14,19,21-23,26,34H,6-13,15-18H2/i26T. The van der Waals surface area contributed by atoms with Crippen LogP contribution in [0.25, 0.3) is 4.85 Å². The van der Waals surface area contributed by atoms with E-state index in [2.05, 4.69) is 19.3 Å².